The van der Waals surface area contributed by atoms with Gasteiger partial charge in [-0.05, 0) is 41.8 Å². The van der Waals surface area contributed by atoms with Crippen LogP contribution >= 0.6 is 11.3 Å². The molecule has 0 saturated carbocycles. The van der Waals surface area contributed by atoms with E-state index in [1.807, 2.05) is 24.3 Å². The summed E-state index contributed by atoms with van der Waals surface area (Å²) in [4.78, 5) is 16.3. The van der Waals surface area contributed by atoms with Crippen LogP contribution in [-0.2, 0) is 16.0 Å². The maximum atomic E-state index is 12.3. The summed E-state index contributed by atoms with van der Waals surface area (Å²) < 4.78 is 10.6. The molecule has 2 heterocycles. The number of hydrogen-bond acceptors (Lipinski definition) is 5. The van der Waals surface area contributed by atoms with Gasteiger partial charge >= 0.3 is 0 Å². The van der Waals surface area contributed by atoms with Crippen LogP contribution in [0.25, 0.3) is 10.4 Å². The van der Waals surface area contributed by atoms with Crippen molar-refractivity contribution in [1.29, 1.82) is 0 Å². The molecule has 24 heavy (non-hydrogen) atoms. The van der Waals surface area contributed by atoms with E-state index in [9.17, 15) is 4.79 Å². The van der Waals surface area contributed by atoms with Crippen LogP contribution in [-0.4, -0.2) is 43.3 Å². The molecule has 0 bridgehead atoms. The summed E-state index contributed by atoms with van der Waals surface area (Å²) in [5.41, 5.74) is 2.90. The predicted molar refractivity (Wildman–Crippen MR) is 93.0 cm³/mol. The number of carbonyl (C=O) groups excluding carboxylic acids is 1. The summed E-state index contributed by atoms with van der Waals surface area (Å²) in [5, 5.41) is 8.95. The van der Waals surface area contributed by atoms with E-state index in [0.717, 1.165) is 26.4 Å². The number of hydrogen-bond donors (Lipinski definition) is 1. The second-order valence-electron chi connectivity index (χ2n) is 5.68. The molecule has 5 nitrogen and oxygen atoms in total. The maximum Gasteiger partial charge on any atom is 0.254 e. The average molecular weight is 347 g/mol. The third kappa shape index (κ3) is 3.23. The third-order valence-corrected chi connectivity index (χ3v) is 5.30. The van der Waals surface area contributed by atoms with E-state index in [-0.39, 0.29) is 18.8 Å². The highest BCUT2D eigenvalue weighted by molar-refractivity contribution is 7.15. The number of benzene rings is 1. The van der Waals surface area contributed by atoms with Crippen molar-refractivity contribution >= 4 is 17.2 Å². The molecule has 1 aliphatic heterocycles. The number of amides is 1. The lowest BCUT2D eigenvalue weighted by Gasteiger charge is -2.13. The lowest BCUT2D eigenvalue weighted by atomic mass is 10.1. The summed E-state index contributed by atoms with van der Waals surface area (Å²) in [7, 11) is 3.24. The van der Waals surface area contributed by atoms with E-state index in [4.69, 9.17) is 14.6 Å². The Bertz CT molecular complexity index is 724. The van der Waals surface area contributed by atoms with Gasteiger partial charge in [0.2, 0.25) is 0 Å². The van der Waals surface area contributed by atoms with Crippen LogP contribution in [0, 0.1) is 0 Å². The Morgan fingerprint density at radius 1 is 1.25 bits per heavy atom. The molecule has 1 aromatic heterocycles. The van der Waals surface area contributed by atoms with Gasteiger partial charge in [-0.1, -0.05) is 6.07 Å². The van der Waals surface area contributed by atoms with Crippen molar-refractivity contribution < 1.29 is 19.4 Å². The Hall–Kier alpha value is -1.73. The molecule has 0 saturated heterocycles. The van der Waals surface area contributed by atoms with E-state index in [2.05, 4.69) is 6.07 Å². The molecule has 1 amide bonds. The molecule has 3 rings (SSSR count). The minimum Gasteiger partial charge on any atom is -0.396 e. The Balaban J connectivity index is 1.82. The number of nitrogens with zero attached hydrogens (tertiary/aromatic N) is 1. The van der Waals surface area contributed by atoms with Crippen molar-refractivity contribution in [2.75, 3.05) is 27.4 Å². The number of thiophene rings is 1. The zero-order valence-electron chi connectivity index (χ0n) is 13.8. The maximum absolute atomic E-state index is 12.3. The van der Waals surface area contributed by atoms with Crippen molar-refractivity contribution in [1.82, 2.24) is 4.90 Å². The highest BCUT2D eigenvalue weighted by Crippen LogP contribution is 2.35. The molecule has 1 N–H and O–H groups in total. The van der Waals surface area contributed by atoms with E-state index in [1.54, 1.807) is 30.5 Å². The van der Waals surface area contributed by atoms with Gasteiger partial charge in [0.1, 0.15) is 0 Å². The molecule has 0 atom stereocenters. The minimum atomic E-state index is -0.353. The van der Waals surface area contributed by atoms with Gasteiger partial charge in [0, 0.05) is 44.4 Å². The van der Waals surface area contributed by atoms with Crippen molar-refractivity contribution in [3.63, 3.8) is 0 Å². The number of fused-ring (bicyclic) bond motifs is 1. The number of carbonyl (C=O) groups is 1. The fourth-order valence-corrected chi connectivity index (χ4v) is 4.00. The molecular weight excluding hydrogens is 326 g/mol. The molecule has 1 aliphatic rings. The minimum absolute atomic E-state index is 0.0516. The summed E-state index contributed by atoms with van der Waals surface area (Å²) >= 11 is 1.62. The highest BCUT2D eigenvalue weighted by Gasteiger charge is 2.27. The van der Waals surface area contributed by atoms with Crippen molar-refractivity contribution in [2.24, 2.45) is 0 Å². The summed E-state index contributed by atoms with van der Waals surface area (Å²) in [5.74, 6) is 0.0516. The smallest absolute Gasteiger partial charge is 0.254 e. The van der Waals surface area contributed by atoms with Crippen LogP contribution in [0.2, 0.25) is 0 Å². The van der Waals surface area contributed by atoms with Crippen LogP contribution in [0.15, 0.2) is 30.3 Å². The quantitative estimate of drug-likeness (QED) is 0.782. The zero-order valence-corrected chi connectivity index (χ0v) is 14.6. The number of aliphatic hydroxyl groups is 1. The third-order valence-electron chi connectivity index (χ3n) is 4.14. The van der Waals surface area contributed by atoms with Gasteiger partial charge in [-0.3, -0.25) is 4.79 Å². The van der Waals surface area contributed by atoms with Gasteiger partial charge in [0.05, 0.1) is 4.88 Å². The monoisotopic (exact) mass is 347 g/mol. The van der Waals surface area contributed by atoms with Crippen molar-refractivity contribution in [2.45, 2.75) is 19.3 Å². The molecule has 2 aromatic rings. The van der Waals surface area contributed by atoms with Crippen molar-refractivity contribution in [3.05, 3.63) is 46.3 Å². The Kier molecular flexibility index (Phi) is 5.30. The van der Waals surface area contributed by atoms with Crippen LogP contribution in [0.3, 0.4) is 0 Å². The average Bonchev–Trinajstić information content (AvgIpc) is 3.19. The molecule has 0 radical (unpaired) electrons. The SMILES string of the molecule is COC(OC)c1ccc(-c2ccc3c(c2)CN(CCCO)C3=O)s1. The van der Waals surface area contributed by atoms with Gasteiger partial charge < -0.3 is 19.5 Å². The van der Waals surface area contributed by atoms with Crippen LogP contribution in [0.4, 0.5) is 0 Å². The first kappa shape index (κ1) is 17.1. The largest absolute Gasteiger partial charge is 0.396 e. The van der Waals surface area contributed by atoms with E-state index in [1.165, 1.54) is 0 Å². The van der Waals surface area contributed by atoms with Gasteiger partial charge in [0.25, 0.3) is 5.91 Å². The molecule has 0 unspecified atom stereocenters. The van der Waals surface area contributed by atoms with E-state index >= 15 is 0 Å². The number of aliphatic hydroxyl groups excluding tert-OH is 1. The molecule has 0 aliphatic carbocycles. The first-order valence-electron chi connectivity index (χ1n) is 7.86. The van der Waals surface area contributed by atoms with E-state index in [0.29, 0.717) is 19.5 Å². The Labute approximate surface area is 145 Å². The topological polar surface area (TPSA) is 59.0 Å². The normalized spacial score (nSPS) is 13.8. The van der Waals surface area contributed by atoms with Gasteiger partial charge in [0.15, 0.2) is 6.29 Å². The standard InChI is InChI=1S/C18H21NO4S/c1-22-18(23-2)16-7-6-15(24-16)12-4-5-14-13(10-12)11-19(17(14)21)8-3-9-20/h4-7,10,18,20H,3,8-9,11H2,1-2H3. The number of rotatable bonds is 7. The summed E-state index contributed by atoms with van der Waals surface area (Å²) in [6, 6.07) is 10.0. The van der Waals surface area contributed by atoms with Crippen LogP contribution in [0.5, 0.6) is 0 Å². The molecular formula is C18H21NO4S. The Morgan fingerprint density at radius 3 is 2.75 bits per heavy atom. The summed E-state index contributed by atoms with van der Waals surface area (Å²) in [6.07, 6.45) is 0.254. The molecule has 128 valence electrons. The first-order chi connectivity index (χ1) is 11.7. The van der Waals surface area contributed by atoms with Crippen LogP contribution < -0.4 is 0 Å². The number of methoxy groups -OCH3 is 2. The second-order valence-corrected chi connectivity index (χ2v) is 6.80. The lowest BCUT2D eigenvalue weighted by molar-refractivity contribution is -0.103. The van der Waals surface area contributed by atoms with Gasteiger partial charge in [-0.15, -0.1) is 11.3 Å². The Morgan fingerprint density at radius 2 is 2.04 bits per heavy atom. The zero-order chi connectivity index (χ0) is 17.1. The molecule has 0 fully saturated rings. The van der Waals surface area contributed by atoms with Gasteiger partial charge in [-0.2, -0.15) is 0 Å². The predicted octanol–water partition coefficient (Wildman–Crippen LogP) is 3.04. The fraction of sp³-hybridized carbons (Fsp3) is 0.389. The molecule has 0 spiro atoms. The van der Waals surface area contributed by atoms with Gasteiger partial charge in [-0.25, -0.2) is 0 Å². The lowest BCUT2D eigenvalue weighted by Crippen LogP contribution is -2.25. The van der Waals surface area contributed by atoms with Crippen molar-refractivity contribution in [3.8, 4) is 10.4 Å². The summed E-state index contributed by atoms with van der Waals surface area (Å²) in [6.45, 7) is 1.30. The van der Waals surface area contributed by atoms with Crippen LogP contribution in [0.1, 0.15) is 33.5 Å². The molecule has 1 aromatic carbocycles. The molecule has 6 heteroatoms. The van der Waals surface area contributed by atoms with E-state index < -0.39 is 0 Å². The first-order valence-corrected chi connectivity index (χ1v) is 8.68. The number of ether oxygens (including phenoxy) is 2. The fourth-order valence-electron chi connectivity index (χ4n) is 2.94. The highest BCUT2D eigenvalue weighted by atomic mass is 32.1. The second kappa shape index (κ2) is 7.44.